The summed E-state index contributed by atoms with van der Waals surface area (Å²) in [6.45, 7) is -0.335. The van der Waals surface area contributed by atoms with Gasteiger partial charge in [0, 0.05) is 32.8 Å². The highest BCUT2D eigenvalue weighted by atomic mass is 16.6. The molecule has 2 rings (SSSR count). The molecular weight excluding hydrogens is 394 g/mol. The average molecular weight is 417 g/mol. The SMILES string of the molecule is COc1ccc(CNC(=O)COC(=O)c2cc([N+](=O)[O-])ccc2N(C)C)cc1OC. The van der Waals surface area contributed by atoms with Crippen LogP contribution in [-0.4, -0.2) is 51.7 Å². The Hall–Kier alpha value is -3.82. The number of benzene rings is 2. The van der Waals surface area contributed by atoms with Crippen LogP contribution in [0.25, 0.3) is 0 Å². The van der Waals surface area contributed by atoms with E-state index in [1.807, 2.05) is 0 Å². The van der Waals surface area contributed by atoms with Gasteiger partial charge in [0.25, 0.3) is 11.6 Å². The number of nitrogens with one attached hydrogen (secondary N) is 1. The minimum Gasteiger partial charge on any atom is -0.493 e. The molecule has 0 spiro atoms. The van der Waals surface area contributed by atoms with Crippen LogP contribution in [-0.2, 0) is 16.1 Å². The third kappa shape index (κ3) is 5.60. The van der Waals surface area contributed by atoms with Crippen molar-refractivity contribution in [1.82, 2.24) is 5.32 Å². The fourth-order valence-corrected chi connectivity index (χ4v) is 2.64. The largest absolute Gasteiger partial charge is 0.493 e. The molecule has 0 heterocycles. The van der Waals surface area contributed by atoms with Crippen LogP contribution in [0.2, 0.25) is 0 Å². The standard InChI is InChI=1S/C20H23N3O7/c1-22(2)16-7-6-14(23(26)27)10-15(16)20(25)30-12-19(24)21-11-13-5-8-17(28-3)18(9-13)29-4/h5-10H,11-12H2,1-4H3,(H,21,24). The predicted octanol–water partition coefficient (Wildman–Crippen LogP) is 2.15. The maximum atomic E-state index is 12.4. The third-order valence-corrected chi connectivity index (χ3v) is 4.16. The molecule has 0 fully saturated rings. The number of nitro benzene ring substituents is 1. The van der Waals surface area contributed by atoms with Crippen molar-refractivity contribution in [3.8, 4) is 11.5 Å². The second-order valence-corrected chi connectivity index (χ2v) is 6.40. The van der Waals surface area contributed by atoms with E-state index >= 15 is 0 Å². The smallest absolute Gasteiger partial charge is 0.341 e. The van der Waals surface area contributed by atoms with Gasteiger partial charge in [-0.05, 0) is 23.8 Å². The van der Waals surface area contributed by atoms with Crippen molar-refractivity contribution in [3.63, 3.8) is 0 Å². The molecule has 0 saturated heterocycles. The van der Waals surface area contributed by atoms with E-state index in [4.69, 9.17) is 14.2 Å². The zero-order valence-corrected chi connectivity index (χ0v) is 17.1. The Labute approximate surface area is 173 Å². The van der Waals surface area contributed by atoms with Gasteiger partial charge in [0.1, 0.15) is 0 Å². The number of amides is 1. The zero-order chi connectivity index (χ0) is 22.3. The number of anilines is 1. The number of hydrogen-bond acceptors (Lipinski definition) is 8. The number of carbonyl (C=O) groups is 2. The Kier molecular flexibility index (Phi) is 7.56. The molecule has 10 heteroatoms. The summed E-state index contributed by atoms with van der Waals surface area (Å²) in [5.74, 6) is -0.258. The van der Waals surface area contributed by atoms with Gasteiger partial charge < -0.3 is 24.4 Å². The minimum atomic E-state index is -0.830. The van der Waals surface area contributed by atoms with Crippen LogP contribution < -0.4 is 19.7 Å². The lowest BCUT2D eigenvalue weighted by Gasteiger charge is -2.16. The van der Waals surface area contributed by atoms with E-state index in [0.717, 1.165) is 11.6 Å². The number of non-ortho nitro benzene ring substituents is 1. The number of nitrogens with zero attached hydrogens (tertiary/aromatic N) is 2. The van der Waals surface area contributed by atoms with E-state index in [1.54, 1.807) is 37.2 Å². The van der Waals surface area contributed by atoms with E-state index in [0.29, 0.717) is 17.2 Å². The van der Waals surface area contributed by atoms with E-state index in [2.05, 4.69) is 5.32 Å². The van der Waals surface area contributed by atoms with Crippen molar-refractivity contribution >= 4 is 23.3 Å². The van der Waals surface area contributed by atoms with Gasteiger partial charge in [-0.25, -0.2) is 4.79 Å². The number of hydrogen-bond donors (Lipinski definition) is 1. The zero-order valence-electron chi connectivity index (χ0n) is 17.1. The molecule has 0 atom stereocenters. The van der Waals surface area contributed by atoms with Crippen LogP contribution in [0.5, 0.6) is 11.5 Å². The number of ether oxygens (including phenoxy) is 3. The Balaban J connectivity index is 1.99. The number of methoxy groups -OCH3 is 2. The predicted molar refractivity (Wildman–Crippen MR) is 109 cm³/mol. The minimum absolute atomic E-state index is 0.00175. The van der Waals surface area contributed by atoms with Gasteiger partial charge in [-0.1, -0.05) is 6.07 Å². The van der Waals surface area contributed by atoms with Gasteiger partial charge in [-0.2, -0.15) is 0 Å². The molecular formula is C20H23N3O7. The van der Waals surface area contributed by atoms with Crippen molar-refractivity contribution in [2.75, 3.05) is 39.8 Å². The first kappa shape index (κ1) is 22.5. The molecule has 160 valence electrons. The quantitative estimate of drug-likeness (QED) is 0.374. The molecule has 0 saturated carbocycles. The molecule has 10 nitrogen and oxygen atoms in total. The lowest BCUT2D eigenvalue weighted by molar-refractivity contribution is -0.384. The molecule has 0 aliphatic carbocycles. The second-order valence-electron chi connectivity index (χ2n) is 6.40. The first-order chi connectivity index (χ1) is 14.3. The molecule has 0 aliphatic heterocycles. The van der Waals surface area contributed by atoms with Gasteiger partial charge in [0.15, 0.2) is 18.1 Å². The lowest BCUT2D eigenvalue weighted by atomic mass is 10.1. The van der Waals surface area contributed by atoms with Crippen LogP contribution in [0.1, 0.15) is 15.9 Å². The number of esters is 1. The van der Waals surface area contributed by atoms with E-state index in [-0.39, 0.29) is 17.8 Å². The molecule has 1 N–H and O–H groups in total. The molecule has 30 heavy (non-hydrogen) atoms. The van der Waals surface area contributed by atoms with Gasteiger partial charge in [-0.3, -0.25) is 14.9 Å². The summed E-state index contributed by atoms with van der Waals surface area (Å²) in [5.41, 5.74) is 0.963. The fraction of sp³-hybridized carbons (Fsp3) is 0.300. The summed E-state index contributed by atoms with van der Waals surface area (Å²) in [4.78, 5) is 36.5. The summed E-state index contributed by atoms with van der Waals surface area (Å²) in [7, 11) is 6.41. The number of rotatable bonds is 9. The Morgan fingerprint density at radius 2 is 1.77 bits per heavy atom. The molecule has 0 radical (unpaired) electrons. The van der Waals surface area contributed by atoms with E-state index in [1.165, 1.54) is 26.4 Å². The molecule has 2 aromatic carbocycles. The van der Waals surface area contributed by atoms with E-state index in [9.17, 15) is 19.7 Å². The maximum Gasteiger partial charge on any atom is 0.341 e. The summed E-state index contributed by atoms with van der Waals surface area (Å²) in [6, 6.07) is 9.07. The van der Waals surface area contributed by atoms with Crippen molar-refractivity contribution in [2.45, 2.75) is 6.54 Å². The summed E-state index contributed by atoms with van der Waals surface area (Å²) < 4.78 is 15.4. The number of carbonyl (C=O) groups excluding carboxylic acids is 2. The molecule has 0 unspecified atom stereocenters. The molecule has 0 aliphatic rings. The van der Waals surface area contributed by atoms with E-state index < -0.39 is 23.4 Å². The number of nitro groups is 1. The maximum absolute atomic E-state index is 12.4. The first-order valence-electron chi connectivity index (χ1n) is 8.87. The normalized spacial score (nSPS) is 10.1. The topological polar surface area (TPSA) is 120 Å². The summed E-state index contributed by atoms with van der Waals surface area (Å²) in [5, 5.41) is 13.6. The Bertz CT molecular complexity index is 944. The Morgan fingerprint density at radius 3 is 2.37 bits per heavy atom. The molecule has 2 aromatic rings. The van der Waals surface area contributed by atoms with Crippen molar-refractivity contribution in [1.29, 1.82) is 0 Å². The van der Waals surface area contributed by atoms with Gasteiger partial charge >= 0.3 is 5.97 Å². The highest BCUT2D eigenvalue weighted by Gasteiger charge is 2.20. The van der Waals surface area contributed by atoms with Crippen LogP contribution in [0, 0.1) is 10.1 Å². The molecule has 0 bridgehead atoms. The lowest BCUT2D eigenvalue weighted by Crippen LogP contribution is -2.28. The van der Waals surface area contributed by atoms with Crippen LogP contribution in [0.4, 0.5) is 11.4 Å². The Morgan fingerprint density at radius 1 is 1.07 bits per heavy atom. The fourth-order valence-electron chi connectivity index (χ4n) is 2.64. The van der Waals surface area contributed by atoms with Crippen LogP contribution in [0.3, 0.4) is 0 Å². The summed E-state index contributed by atoms with van der Waals surface area (Å²) >= 11 is 0. The average Bonchev–Trinajstić information content (AvgIpc) is 2.74. The summed E-state index contributed by atoms with van der Waals surface area (Å²) in [6.07, 6.45) is 0. The van der Waals surface area contributed by atoms with Crippen LogP contribution in [0.15, 0.2) is 36.4 Å². The monoisotopic (exact) mass is 417 g/mol. The van der Waals surface area contributed by atoms with Gasteiger partial charge in [0.2, 0.25) is 0 Å². The molecule has 1 amide bonds. The highest BCUT2D eigenvalue weighted by molar-refractivity contribution is 5.97. The van der Waals surface area contributed by atoms with Gasteiger partial charge in [0.05, 0.1) is 30.4 Å². The van der Waals surface area contributed by atoms with Gasteiger partial charge in [-0.15, -0.1) is 0 Å². The second kappa shape index (κ2) is 10.1. The van der Waals surface area contributed by atoms with Crippen LogP contribution >= 0.6 is 0 Å². The van der Waals surface area contributed by atoms with Crippen molar-refractivity contribution in [3.05, 3.63) is 57.6 Å². The third-order valence-electron chi connectivity index (χ3n) is 4.16. The highest BCUT2D eigenvalue weighted by Crippen LogP contribution is 2.27. The molecule has 0 aromatic heterocycles. The van der Waals surface area contributed by atoms with Crippen molar-refractivity contribution in [2.24, 2.45) is 0 Å². The first-order valence-corrected chi connectivity index (χ1v) is 8.87. The van der Waals surface area contributed by atoms with Crippen molar-refractivity contribution < 1.29 is 28.7 Å².